The molecule has 2 rings (SSSR count). The summed E-state index contributed by atoms with van der Waals surface area (Å²) < 4.78 is 4.66. The molecular weight excluding hydrogens is 492 g/mol. The first-order valence-corrected chi connectivity index (χ1v) is 17.0. The van der Waals surface area contributed by atoms with Gasteiger partial charge >= 0.3 is 0 Å². The molecule has 0 aliphatic rings. The molecule has 26 heavy (non-hydrogen) atoms. The van der Waals surface area contributed by atoms with Gasteiger partial charge in [0.05, 0.1) is 25.0 Å². The second-order valence-corrected chi connectivity index (χ2v) is 20.6. The van der Waals surface area contributed by atoms with Crippen molar-refractivity contribution in [3.63, 3.8) is 0 Å². The fraction of sp³-hybridized carbons (Fsp3) is 0.444. The number of rotatable bonds is 2. The van der Waals surface area contributed by atoms with Crippen molar-refractivity contribution in [3.8, 4) is 11.5 Å². The van der Waals surface area contributed by atoms with Crippen LogP contribution in [0.2, 0.25) is 39.3 Å². The van der Waals surface area contributed by atoms with E-state index in [2.05, 4.69) is 82.6 Å². The van der Waals surface area contributed by atoms with Crippen LogP contribution >= 0.6 is 31.9 Å². The summed E-state index contributed by atoms with van der Waals surface area (Å²) in [6.45, 7) is 16.7. The van der Waals surface area contributed by atoms with E-state index in [1.807, 2.05) is 13.8 Å². The van der Waals surface area contributed by atoms with Crippen LogP contribution in [0.1, 0.15) is 22.5 Å². The number of hydrogen-bond donors (Lipinski definition) is 0. The second-order valence-electron chi connectivity index (χ2n) is 8.53. The minimum absolute atomic E-state index is 0.307. The summed E-state index contributed by atoms with van der Waals surface area (Å²) >= 11 is 7.25. The molecule has 2 aromatic rings. The number of fused-ring (bicyclic) bond motifs is 1. The molecule has 140 valence electrons. The molecule has 0 aromatic carbocycles. The summed E-state index contributed by atoms with van der Waals surface area (Å²) in [6.07, 6.45) is 0. The first kappa shape index (κ1) is 21.4. The number of aromatic nitrogens is 2. The quantitative estimate of drug-likeness (QED) is 0.440. The monoisotopic (exact) mass is 514 g/mol. The molecule has 4 nitrogen and oxygen atoms in total. The zero-order valence-corrected chi connectivity index (χ0v) is 21.6. The van der Waals surface area contributed by atoms with Gasteiger partial charge in [0.15, 0.2) is 0 Å². The summed E-state index contributed by atoms with van der Waals surface area (Å²) in [4.78, 5) is 25.9. The lowest BCUT2D eigenvalue weighted by molar-refractivity contribution is 0.768. The third-order valence-electron chi connectivity index (χ3n) is 4.00. The van der Waals surface area contributed by atoms with Crippen LogP contribution in [-0.2, 0) is 0 Å². The highest BCUT2D eigenvalue weighted by Gasteiger charge is 2.27. The second kappa shape index (κ2) is 6.93. The first-order chi connectivity index (χ1) is 11.7. The molecule has 0 saturated carbocycles. The lowest BCUT2D eigenvalue weighted by Gasteiger charge is -2.17. The van der Waals surface area contributed by atoms with E-state index in [9.17, 15) is 9.59 Å². The predicted molar refractivity (Wildman–Crippen MR) is 122 cm³/mol. The summed E-state index contributed by atoms with van der Waals surface area (Å²) in [5, 5.41) is 0. The lowest BCUT2D eigenvalue weighted by Crippen LogP contribution is -2.25. The summed E-state index contributed by atoms with van der Waals surface area (Å²) in [5.74, 6) is 3.04. The molecule has 8 heteroatoms. The molecule has 0 aliphatic heterocycles. The molecular formula is C18H24Br2N2O2Si2. The van der Waals surface area contributed by atoms with Crippen molar-refractivity contribution in [1.82, 2.24) is 9.03 Å². The Kier molecular flexibility index (Phi) is 5.71. The normalized spacial score (nSPS) is 13.6. The van der Waals surface area contributed by atoms with Crippen molar-refractivity contribution >= 4 is 52.5 Å². The summed E-state index contributed by atoms with van der Waals surface area (Å²) in [6, 6.07) is 0. The summed E-state index contributed by atoms with van der Waals surface area (Å²) in [5.41, 5.74) is 4.99. The SMILES string of the molecule is Cc1c(C#C[Si](C)(C)C)c(=O)n2c(=O)c(/C(Br)=C(\Br)[Si](C)(C)C)c(C)n12. The Hall–Kier alpha value is -0.886. The maximum atomic E-state index is 13.0. The van der Waals surface area contributed by atoms with E-state index >= 15 is 0 Å². The van der Waals surface area contributed by atoms with Gasteiger partial charge in [0.2, 0.25) is 0 Å². The van der Waals surface area contributed by atoms with Crippen molar-refractivity contribution in [1.29, 1.82) is 0 Å². The van der Waals surface area contributed by atoms with E-state index < -0.39 is 16.1 Å². The fourth-order valence-electron chi connectivity index (χ4n) is 2.64. The van der Waals surface area contributed by atoms with Gasteiger partial charge in [-0.15, -0.1) is 5.54 Å². The highest BCUT2D eigenvalue weighted by atomic mass is 79.9. The Morgan fingerprint density at radius 2 is 1.42 bits per heavy atom. The highest BCUT2D eigenvalue weighted by Crippen LogP contribution is 2.34. The largest absolute Gasteiger partial charge is 0.290 e. The molecule has 2 heterocycles. The van der Waals surface area contributed by atoms with Crippen molar-refractivity contribution < 1.29 is 0 Å². The van der Waals surface area contributed by atoms with E-state index in [-0.39, 0.29) is 11.1 Å². The molecule has 0 N–H and O–H groups in total. The zero-order valence-electron chi connectivity index (χ0n) is 16.5. The Bertz CT molecular complexity index is 1090. The maximum absolute atomic E-state index is 13.0. The van der Waals surface area contributed by atoms with Crippen molar-refractivity contribution in [2.24, 2.45) is 0 Å². The average Bonchev–Trinajstić information content (AvgIpc) is 2.88. The third-order valence-corrected chi connectivity index (χ3v) is 12.1. The molecule has 0 saturated heterocycles. The van der Waals surface area contributed by atoms with Gasteiger partial charge in [0.1, 0.15) is 13.6 Å². The zero-order chi connectivity index (χ0) is 20.2. The highest BCUT2D eigenvalue weighted by molar-refractivity contribution is 9.17. The van der Waals surface area contributed by atoms with Gasteiger partial charge in [-0.2, -0.15) is 4.52 Å². The van der Waals surface area contributed by atoms with Gasteiger partial charge < -0.3 is 0 Å². The molecule has 0 fully saturated rings. The minimum atomic E-state index is -1.66. The van der Waals surface area contributed by atoms with E-state index in [1.165, 1.54) is 4.52 Å². The van der Waals surface area contributed by atoms with E-state index in [0.717, 1.165) is 14.3 Å². The predicted octanol–water partition coefficient (Wildman–Crippen LogP) is 4.38. The molecule has 0 unspecified atom stereocenters. The first-order valence-electron chi connectivity index (χ1n) is 8.38. The van der Waals surface area contributed by atoms with Gasteiger partial charge in [-0.25, -0.2) is 0 Å². The number of aryl methyl sites for hydroxylation is 2. The van der Waals surface area contributed by atoms with Crippen LogP contribution in [-0.4, -0.2) is 25.2 Å². The van der Waals surface area contributed by atoms with Crippen LogP contribution in [0.15, 0.2) is 13.7 Å². The van der Waals surface area contributed by atoms with Crippen molar-refractivity contribution in [2.75, 3.05) is 0 Å². The Morgan fingerprint density at radius 3 is 1.85 bits per heavy atom. The molecule has 0 atom stereocenters. The molecule has 0 amide bonds. The van der Waals surface area contributed by atoms with Gasteiger partial charge in [-0.05, 0) is 33.9 Å². The van der Waals surface area contributed by atoms with Gasteiger partial charge in [-0.1, -0.05) is 61.1 Å². The van der Waals surface area contributed by atoms with E-state index in [4.69, 9.17) is 0 Å². The third kappa shape index (κ3) is 3.72. The molecule has 0 radical (unpaired) electrons. The number of halogens is 2. The van der Waals surface area contributed by atoms with Crippen LogP contribution in [0.5, 0.6) is 0 Å². The molecule has 0 bridgehead atoms. The van der Waals surface area contributed by atoms with E-state index in [0.29, 0.717) is 16.8 Å². The Labute approximate surface area is 172 Å². The fourth-order valence-corrected chi connectivity index (χ4v) is 6.37. The van der Waals surface area contributed by atoms with Crippen LogP contribution in [0.25, 0.3) is 4.48 Å². The smallest absolute Gasteiger partial charge is 0.267 e. The van der Waals surface area contributed by atoms with Gasteiger partial charge in [0.25, 0.3) is 11.1 Å². The summed E-state index contributed by atoms with van der Waals surface area (Å²) in [7, 11) is -3.28. The van der Waals surface area contributed by atoms with Crippen LogP contribution in [0.4, 0.5) is 0 Å². The van der Waals surface area contributed by atoms with Crippen LogP contribution in [0, 0.1) is 25.3 Å². The van der Waals surface area contributed by atoms with E-state index in [1.54, 1.807) is 4.52 Å². The molecule has 2 aromatic heterocycles. The standard InChI is InChI=1S/C18H24Br2N2O2Si2/c1-11-13(9-10-25(3,4)5)17(23)22-18(24)14(12(2)21(11)22)15(19)16(20)26(6,7)8/h1-8H3/b16-15-. The number of hydrogen-bond acceptors (Lipinski definition) is 2. The van der Waals surface area contributed by atoms with Gasteiger partial charge in [-0.3, -0.25) is 14.1 Å². The van der Waals surface area contributed by atoms with Crippen LogP contribution < -0.4 is 11.1 Å². The number of nitrogens with zero attached hydrogens (tertiary/aromatic N) is 2. The minimum Gasteiger partial charge on any atom is -0.267 e. The Morgan fingerprint density at radius 1 is 0.885 bits per heavy atom. The Balaban J connectivity index is 2.88. The average molecular weight is 516 g/mol. The molecule has 0 aliphatic carbocycles. The topological polar surface area (TPSA) is 43.0 Å². The van der Waals surface area contributed by atoms with Crippen LogP contribution in [0.3, 0.4) is 0 Å². The molecule has 0 spiro atoms. The van der Waals surface area contributed by atoms with Crippen molar-refractivity contribution in [2.45, 2.75) is 53.1 Å². The van der Waals surface area contributed by atoms with Crippen molar-refractivity contribution in [3.05, 3.63) is 47.3 Å². The maximum Gasteiger partial charge on any atom is 0.290 e. The lowest BCUT2D eigenvalue weighted by atomic mass is 10.2. The van der Waals surface area contributed by atoms with Gasteiger partial charge in [0, 0.05) is 4.48 Å².